The molecule has 0 aromatic heterocycles. The fraction of sp³-hybridized carbons (Fsp3) is 0.476. The molecule has 0 saturated heterocycles. The molecule has 7 atom stereocenters. The average Bonchev–Trinajstić information content (AvgIpc) is 2.68. The summed E-state index contributed by atoms with van der Waals surface area (Å²) in [6.45, 7) is 1.40. The summed E-state index contributed by atoms with van der Waals surface area (Å²) in [4.78, 5) is 38.5. The number of carbonyl (C=O) groups is 3. The number of amides is 1. The van der Waals surface area contributed by atoms with E-state index in [1.807, 2.05) is 0 Å². The van der Waals surface area contributed by atoms with Gasteiger partial charge in [0.05, 0.1) is 17.3 Å². The summed E-state index contributed by atoms with van der Waals surface area (Å²) >= 11 is 0. The van der Waals surface area contributed by atoms with Crippen LogP contribution in [0.15, 0.2) is 23.8 Å². The average molecular weight is 432 g/mol. The summed E-state index contributed by atoms with van der Waals surface area (Å²) in [5.41, 5.74) is 0.350. The number of likely N-dealkylation sites (N-methyl/N-ethyl adjacent to an activating group) is 1. The number of ketones is 2. The molecular weight excluding hydrogens is 408 g/mol. The summed E-state index contributed by atoms with van der Waals surface area (Å²) in [6.07, 6.45) is -1.78. The largest absolute Gasteiger partial charge is 0.507 e. The number of nitrogens with two attached hydrogens (primary N) is 1. The minimum Gasteiger partial charge on any atom is -0.507 e. The molecule has 0 bridgehead atoms. The Hall–Kier alpha value is -2.79. The first-order chi connectivity index (χ1) is 14.4. The molecule has 1 aromatic rings. The van der Waals surface area contributed by atoms with Crippen molar-refractivity contribution in [2.75, 3.05) is 7.05 Å². The molecule has 3 aliphatic rings. The molecule has 2 saturated carbocycles. The van der Waals surface area contributed by atoms with Crippen LogP contribution in [0.25, 0.3) is 5.76 Å². The predicted molar refractivity (Wildman–Crippen MR) is 105 cm³/mol. The van der Waals surface area contributed by atoms with Crippen molar-refractivity contribution in [2.45, 2.75) is 36.7 Å². The van der Waals surface area contributed by atoms with Crippen LogP contribution in [0.4, 0.5) is 0 Å². The lowest BCUT2D eigenvalue weighted by Gasteiger charge is -2.54. The molecule has 0 aliphatic heterocycles. The van der Waals surface area contributed by atoms with Gasteiger partial charge >= 0.3 is 0 Å². The molecule has 0 radical (unpaired) electrons. The Balaban J connectivity index is 1.98. The Kier molecular flexibility index (Phi) is 4.57. The first kappa shape index (κ1) is 21.4. The van der Waals surface area contributed by atoms with Crippen LogP contribution in [-0.2, 0) is 20.0 Å². The molecule has 7 unspecified atom stereocenters. The van der Waals surface area contributed by atoms with Crippen molar-refractivity contribution in [3.8, 4) is 5.75 Å². The molecule has 10 nitrogen and oxygen atoms in total. The van der Waals surface area contributed by atoms with Crippen LogP contribution in [0.1, 0.15) is 24.5 Å². The molecule has 0 spiro atoms. The Morgan fingerprint density at radius 2 is 1.87 bits per heavy atom. The fourth-order valence-corrected chi connectivity index (χ4v) is 5.60. The second-order valence-corrected chi connectivity index (χ2v) is 8.65. The summed E-state index contributed by atoms with van der Waals surface area (Å²) < 4.78 is 0. The molecule has 3 aliphatic carbocycles. The third-order valence-corrected chi connectivity index (χ3v) is 7.16. The number of rotatable bonds is 2. The van der Waals surface area contributed by atoms with Crippen molar-refractivity contribution in [3.05, 3.63) is 34.9 Å². The number of Topliss-reactive ketones (excluding diaryl/α,β-unsaturated/α-hetero) is 2. The molecule has 8 N–H and O–H groups in total. The molecule has 0 heterocycles. The van der Waals surface area contributed by atoms with Crippen LogP contribution in [0.5, 0.6) is 5.75 Å². The van der Waals surface area contributed by atoms with Gasteiger partial charge in [0.25, 0.3) is 0 Å². The standard InChI is InChI=1S/C21H24N2O8/c1-20(30)7-4-3-5-10(24)11(7)15(25)12-8(20)6-9-14(23-2)16(26)13(19(22)29)18(28)21(9,31)17(12)27/h3-5,8-9,13-14,16,23-26,30-31H,6H2,1-2H3,(H2,22,29). The Morgan fingerprint density at radius 3 is 2.45 bits per heavy atom. The number of nitrogens with one attached hydrogen (secondary N) is 1. The quantitative estimate of drug-likeness (QED) is 0.271. The number of fused-ring (bicyclic) bond motifs is 3. The van der Waals surface area contributed by atoms with Crippen LogP contribution in [-0.4, -0.2) is 67.8 Å². The SMILES string of the molecule is CNC1C(O)C(C(N)=O)C(=O)C2(O)C(=O)C3=C(O)c4c(O)cccc4C(C)(O)C3CC12. The van der Waals surface area contributed by atoms with E-state index >= 15 is 0 Å². The van der Waals surface area contributed by atoms with Crippen molar-refractivity contribution >= 4 is 23.2 Å². The third kappa shape index (κ3) is 2.50. The second kappa shape index (κ2) is 6.60. The number of hydrogen-bond acceptors (Lipinski definition) is 9. The molecular formula is C21H24N2O8. The van der Waals surface area contributed by atoms with Gasteiger partial charge in [-0.25, -0.2) is 0 Å². The minimum absolute atomic E-state index is 0.172. The van der Waals surface area contributed by atoms with Gasteiger partial charge in [-0.3, -0.25) is 14.4 Å². The van der Waals surface area contributed by atoms with E-state index in [4.69, 9.17) is 5.73 Å². The third-order valence-electron chi connectivity index (χ3n) is 7.16. The molecule has 4 rings (SSSR count). The maximum absolute atomic E-state index is 13.5. The number of aromatic hydroxyl groups is 1. The van der Waals surface area contributed by atoms with Gasteiger partial charge in [-0.05, 0) is 32.0 Å². The maximum Gasteiger partial charge on any atom is 0.230 e. The van der Waals surface area contributed by atoms with E-state index < -0.39 is 75.7 Å². The smallest absolute Gasteiger partial charge is 0.230 e. The van der Waals surface area contributed by atoms with E-state index in [-0.39, 0.29) is 17.5 Å². The first-order valence-corrected chi connectivity index (χ1v) is 9.85. The number of carbonyl (C=O) groups excluding carboxylic acids is 3. The van der Waals surface area contributed by atoms with Gasteiger partial charge in [0, 0.05) is 23.5 Å². The number of phenols is 1. The molecule has 1 amide bonds. The highest BCUT2D eigenvalue weighted by atomic mass is 16.3. The zero-order chi connectivity index (χ0) is 23.0. The second-order valence-electron chi connectivity index (χ2n) is 8.65. The van der Waals surface area contributed by atoms with Crippen LogP contribution < -0.4 is 11.1 Å². The number of hydrogen-bond donors (Lipinski definition) is 7. The van der Waals surface area contributed by atoms with Crippen LogP contribution in [0.3, 0.4) is 0 Å². The predicted octanol–water partition coefficient (Wildman–Crippen LogP) is -1.55. The summed E-state index contributed by atoms with van der Waals surface area (Å²) in [7, 11) is 1.43. The zero-order valence-electron chi connectivity index (χ0n) is 16.9. The number of aliphatic hydroxyl groups is 4. The highest BCUT2D eigenvalue weighted by molar-refractivity contribution is 6.25. The van der Waals surface area contributed by atoms with Gasteiger partial charge in [0.2, 0.25) is 11.7 Å². The zero-order valence-corrected chi connectivity index (χ0v) is 16.9. The van der Waals surface area contributed by atoms with Gasteiger partial charge < -0.3 is 36.6 Å². The van der Waals surface area contributed by atoms with Crippen molar-refractivity contribution in [1.82, 2.24) is 5.32 Å². The molecule has 166 valence electrons. The van der Waals surface area contributed by atoms with Crippen molar-refractivity contribution in [3.63, 3.8) is 0 Å². The number of benzene rings is 1. The van der Waals surface area contributed by atoms with E-state index in [2.05, 4.69) is 5.32 Å². The van der Waals surface area contributed by atoms with E-state index in [0.717, 1.165) is 0 Å². The topological polar surface area (TPSA) is 190 Å². The van der Waals surface area contributed by atoms with E-state index in [1.54, 1.807) is 0 Å². The normalized spacial score (nSPS) is 39.6. The highest BCUT2D eigenvalue weighted by Gasteiger charge is 2.68. The Labute approximate surface area is 177 Å². The summed E-state index contributed by atoms with van der Waals surface area (Å²) in [5, 5.41) is 57.2. The van der Waals surface area contributed by atoms with Gasteiger partial charge in [-0.2, -0.15) is 0 Å². The maximum atomic E-state index is 13.5. The number of phenolic OH excluding ortho intramolecular Hbond substituents is 1. The molecule has 2 fully saturated rings. The highest BCUT2D eigenvalue weighted by Crippen LogP contribution is 2.56. The minimum atomic E-state index is -2.76. The number of aliphatic hydroxyl groups excluding tert-OH is 2. The van der Waals surface area contributed by atoms with Gasteiger partial charge in [0.15, 0.2) is 11.4 Å². The lowest BCUT2D eigenvalue weighted by molar-refractivity contribution is -0.182. The van der Waals surface area contributed by atoms with Gasteiger partial charge in [-0.15, -0.1) is 0 Å². The number of primary amides is 1. The lowest BCUT2D eigenvalue weighted by Crippen LogP contribution is -2.74. The van der Waals surface area contributed by atoms with Crippen LogP contribution in [0.2, 0.25) is 0 Å². The van der Waals surface area contributed by atoms with Gasteiger partial charge in [-0.1, -0.05) is 12.1 Å². The van der Waals surface area contributed by atoms with Crippen LogP contribution >= 0.6 is 0 Å². The van der Waals surface area contributed by atoms with Crippen molar-refractivity contribution in [1.29, 1.82) is 0 Å². The fourth-order valence-electron chi connectivity index (χ4n) is 5.60. The first-order valence-electron chi connectivity index (χ1n) is 9.85. The van der Waals surface area contributed by atoms with E-state index in [0.29, 0.717) is 0 Å². The lowest BCUT2D eigenvalue weighted by atomic mass is 9.52. The van der Waals surface area contributed by atoms with Crippen molar-refractivity contribution in [2.24, 2.45) is 23.5 Å². The Bertz CT molecular complexity index is 1050. The van der Waals surface area contributed by atoms with Crippen LogP contribution in [0, 0.1) is 17.8 Å². The summed E-state index contributed by atoms with van der Waals surface area (Å²) in [5.74, 6) is -8.80. The Morgan fingerprint density at radius 1 is 1.23 bits per heavy atom. The van der Waals surface area contributed by atoms with Gasteiger partial charge in [0.1, 0.15) is 17.4 Å². The van der Waals surface area contributed by atoms with E-state index in [1.165, 1.54) is 32.2 Å². The molecule has 31 heavy (non-hydrogen) atoms. The van der Waals surface area contributed by atoms with E-state index in [9.17, 15) is 39.9 Å². The van der Waals surface area contributed by atoms with Crippen molar-refractivity contribution < 1.29 is 39.9 Å². The molecule has 1 aromatic carbocycles. The monoisotopic (exact) mass is 432 g/mol. The molecule has 10 heteroatoms. The summed E-state index contributed by atoms with van der Waals surface area (Å²) in [6, 6.07) is 3.16.